The van der Waals surface area contributed by atoms with Crippen LogP contribution < -0.4 is 16.0 Å². The van der Waals surface area contributed by atoms with Crippen molar-refractivity contribution in [1.29, 1.82) is 0 Å². The average molecular weight is 842 g/mol. The van der Waals surface area contributed by atoms with Crippen molar-refractivity contribution < 1.29 is 19.1 Å². The lowest BCUT2D eigenvalue weighted by Crippen LogP contribution is -2.23. The molecule has 0 spiro atoms. The van der Waals surface area contributed by atoms with Crippen LogP contribution in [0.1, 0.15) is 210 Å². The Morgan fingerprint density at radius 2 is 0.852 bits per heavy atom. The lowest BCUT2D eigenvalue weighted by atomic mass is 10.0. The Hall–Kier alpha value is -4.13. The second kappa shape index (κ2) is 38.8. The summed E-state index contributed by atoms with van der Waals surface area (Å²) in [5.74, 6) is -0.314. The van der Waals surface area contributed by atoms with Gasteiger partial charge in [0, 0.05) is 66.4 Å². The van der Waals surface area contributed by atoms with Crippen molar-refractivity contribution in [1.82, 2.24) is 16.0 Å². The van der Waals surface area contributed by atoms with Gasteiger partial charge in [0.15, 0.2) is 11.6 Å². The SMILES string of the molecule is CCCCCCCCCCCCNC(C)=CC(=O)c1ccccc1.CCCCCCCCNC(=CC(=O)c1ccccc1)CC(C(=O)OCC)=C(C)NCCCCCCCC. The monoisotopic (exact) mass is 842 g/mol. The molecule has 0 radical (unpaired) electrons. The molecule has 0 aliphatic heterocycles. The molecular weight excluding hydrogens is 755 g/mol. The van der Waals surface area contributed by atoms with E-state index in [1.165, 1.54) is 122 Å². The molecule has 0 unspecified atom stereocenters. The molecule has 2 rings (SSSR count). The predicted molar refractivity (Wildman–Crippen MR) is 260 cm³/mol. The summed E-state index contributed by atoms with van der Waals surface area (Å²) < 4.78 is 5.39. The van der Waals surface area contributed by atoms with Gasteiger partial charge in [-0.2, -0.15) is 0 Å². The van der Waals surface area contributed by atoms with Crippen LogP contribution in [0.5, 0.6) is 0 Å². The minimum absolute atomic E-state index is 0.0630. The Morgan fingerprint density at radius 3 is 1.28 bits per heavy atom. The number of ketones is 2. The molecule has 3 N–H and O–H groups in total. The van der Waals surface area contributed by atoms with Crippen LogP contribution in [0.25, 0.3) is 0 Å². The second-order valence-electron chi connectivity index (χ2n) is 16.5. The van der Waals surface area contributed by atoms with E-state index in [0.717, 1.165) is 61.6 Å². The molecule has 7 heteroatoms. The van der Waals surface area contributed by atoms with Gasteiger partial charge in [-0.1, -0.05) is 203 Å². The highest BCUT2D eigenvalue weighted by Gasteiger charge is 2.18. The number of unbranched alkanes of at least 4 members (excludes halogenated alkanes) is 19. The largest absolute Gasteiger partial charge is 0.463 e. The van der Waals surface area contributed by atoms with Crippen LogP contribution >= 0.6 is 0 Å². The van der Waals surface area contributed by atoms with Gasteiger partial charge in [-0.25, -0.2) is 4.79 Å². The van der Waals surface area contributed by atoms with Gasteiger partial charge >= 0.3 is 5.97 Å². The van der Waals surface area contributed by atoms with E-state index in [9.17, 15) is 14.4 Å². The Kier molecular flexibility index (Phi) is 34.9. The molecule has 2 aromatic carbocycles. The first-order valence-electron chi connectivity index (χ1n) is 24.4. The molecule has 0 aliphatic carbocycles. The van der Waals surface area contributed by atoms with E-state index in [1.54, 1.807) is 12.2 Å². The first-order valence-corrected chi connectivity index (χ1v) is 24.4. The average Bonchev–Trinajstić information content (AvgIpc) is 3.27. The number of carbonyl (C=O) groups is 3. The zero-order valence-corrected chi connectivity index (χ0v) is 39.7. The smallest absolute Gasteiger partial charge is 0.336 e. The van der Waals surface area contributed by atoms with E-state index in [-0.39, 0.29) is 17.5 Å². The van der Waals surface area contributed by atoms with Gasteiger partial charge in [0.05, 0.1) is 12.2 Å². The molecule has 0 aliphatic rings. The summed E-state index contributed by atoms with van der Waals surface area (Å²) in [7, 11) is 0. The lowest BCUT2D eigenvalue weighted by Gasteiger charge is -2.17. The molecule has 0 amide bonds. The summed E-state index contributed by atoms with van der Waals surface area (Å²) in [6.07, 6.45) is 31.7. The van der Waals surface area contributed by atoms with Crippen molar-refractivity contribution in [3.8, 4) is 0 Å². The van der Waals surface area contributed by atoms with Gasteiger partial charge in [0.2, 0.25) is 0 Å². The zero-order valence-electron chi connectivity index (χ0n) is 39.7. The molecule has 2 aromatic rings. The summed E-state index contributed by atoms with van der Waals surface area (Å²) in [4.78, 5) is 37.9. The number of hydrogen-bond donors (Lipinski definition) is 3. The second-order valence-corrected chi connectivity index (χ2v) is 16.5. The minimum atomic E-state index is -0.324. The number of esters is 1. The maximum atomic E-state index is 13.0. The topological polar surface area (TPSA) is 96.5 Å². The molecule has 0 saturated heterocycles. The summed E-state index contributed by atoms with van der Waals surface area (Å²) in [5.41, 5.74) is 4.51. The van der Waals surface area contributed by atoms with Crippen molar-refractivity contribution in [2.45, 2.75) is 189 Å². The highest BCUT2D eigenvalue weighted by Crippen LogP contribution is 2.17. The number of benzene rings is 2. The van der Waals surface area contributed by atoms with E-state index in [2.05, 4.69) is 36.7 Å². The van der Waals surface area contributed by atoms with Gasteiger partial charge < -0.3 is 20.7 Å². The molecular formula is C54H87N3O4. The van der Waals surface area contributed by atoms with E-state index in [1.807, 2.05) is 81.4 Å². The van der Waals surface area contributed by atoms with Crippen LogP contribution in [0.4, 0.5) is 0 Å². The minimum Gasteiger partial charge on any atom is -0.463 e. The third-order valence-electron chi connectivity index (χ3n) is 10.8. The quantitative estimate of drug-likeness (QED) is 0.0272. The fraction of sp³-hybridized carbons (Fsp3) is 0.611. The number of allylic oxidation sites excluding steroid dienone is 5. The van der Waals surface area contributed by atoms with Crippen molar-refractivity contribution in [3.05, 3.63) is 107 Å². The van der Waals surface area contributed by atoms with Crippen LogP contribution in [0.2, 0.25) is 0 Å². The van der Waals surface area contributed by atoms with Crippen molar-refractivity contribution >= 4 is 17.5 Å². The normalized spacial score (nSPS) is 11.9. The Morgan fingerprint density at radius 1 is 0.475 bits per heavy atom. The molecule has 342 valence electrons. The molecule has 0 saturated carbocycles. The highest BCUT2D eigenvalue weighted by atomic mass is 16.5. The van der Waals surface area contributed by atoms with Crippen molar-refractivity contribution in [2.75, 3.05) is 26.2 Å². The Bertz CT molecular complexity index is 1500. The third kappa shape index (κ3) is 29.7. The van der Waals surface area contributed by atoms with E-state index in [4.69, 9.17) is 4.74 Å². The third-order valence-corrected chi connectivity index (χ3v) is 10.8. The van der Waals surface area contributed by atoms with E-state index < -0.39 is 0 Å². The van der Waals surface area contributed by atoms with Crippen LogP contribution in [0, 0.1) is 0 Å². The van der Waals surface area contributed by atoms with Crippen LogP contribution in [-0.2, 0) is 9.53 Å². The van der Waals surface area contributed by atoms with Crippen LogP contribution in [0.15, 0.2) is 95.5 Å². The molecule has 0 bridgehead atoms. The van der Waals surface area contributed by atoms with Gasteiger partial charge in [-0.3, -0.25) is 9.59 Å². The number of ether oxygens (including phenoxy) is 1. The highest BCUT2D eigenvalue weighted by molar-refractivity contribution is 6.05. The summed E-state index contributed by atoms with van der Waals surface area (Å²) >= 11 is 0. The molecule has 0 aromatic heterocycles. The van der Waals surface area contributed by atoms with E-state index >= 15 is 0 Å². The summed E-state index contributed by atoms with van der Waals surface area (Å²) in [6.45, 7) is 15.3. The maximum absolute atomic E-state index is 13.0. The maximum Gasteiger partial charge on any atom is 0.336 e. The fourth-order valence-electron chi connectivity index (χ4n) is 7.05. The number of rotatable bonds is 36. The lowest BCUT2D eigenvalue weighted by molar-refractivity contribution is -0.138. The molecule has 7 nitrogen and oxygen atoms in total. The van der Waals surface area contributed by atoms with Crippen LogP contribution in [0.3, 0.4) is 0 Å². The summed E-state index contributed by atoms with van der Waals surface area (Å²) in [6, 6.07) is 18.7. The van der Waals surface area contributed by atoms with Gasteiger partial charge in [-0.05, 0) is 40.0 Å². The number of carbonyl (C=O) groups excluding carboxylic acids is 3. The van der Waals surface area contributed by atoms with Gasteiger partial charge in [0.25, 0.3) is 0 Å². The number of nitrogens with one attached hydrogen (secondary N) is 3. The molecule has 61 heavy (non-hydrogen) atoms. The zero-order chi connectivity index (χ0) is 44.6. The summed E-state index contributed by atoms with van der Waals surface area (Å²) in [5, 5.41) is 10.2. The molecule has 0 heterocycles. The fourth-order valence-corrected chi connectivity index (χ4v) is 7.05. The first-order chi connectivity index (χ1) is 29.8. The Balaban J connectivity index is 0.000000668. The van der Waals surface area contributed by atoms with Gasteiger partial charge in [-0.15, -0.1) is 0 Å². The van der Waals surface area contributed by atoms with E-state index in [0.29, 0.717) is 24.2 Å². The Labute approximate surface area is 373 Å². The number of hydrogen-bond acceptors (Lipinski definition) is 7. The molecule has 0 fully saturated rings. The standard InChI is InChI=1S/C32H52N2O3.C22H35NO/c1-5-8-10-12-14-19-23-33-27(4)30(32(36)37-7-3)25-29(34-24-20-15-13-11-9-6-2)26-31(35)28-21-17-16-18-22-28;1-3-4-5-6-7-8-9-10-11-15-18-23-20(2)19-22(24)21-16-13-12-14-17-21/h16-18,21-22,26,33-34H,5-15,19-20,23-25H2,1-4H3;12-14,16-17,19,23H,3-11,15,18H2,1-2H3. The first kappa shape index (κ1) is 54.9. The molecule has 0 atom stereocenters. The van der Waals surface area contributed by atoms with Crippen LogP contribution in [-0.4, -0.2) is 43.8 Å². The predicted octanol–water partition coefficient (Wildman–Crippen LogP) is 14.2. The van der Waals surface area contributed by atoms with Crippen molar-refractivity contribution in [3.63, 3.8) is 0 Å². The van der Waals surface area contributed by atoms with Crippen molar-refractivity contribution in [2.24, 2.45) is 0 Å². The van der Waals surface area contributed by atoms with Gasteiger partial charge in [0.1, 0.15) is 0 Å².